The normalized spacial score (nSPS) is 17.0. The number of aromatic nitrogens is 2. The average Bonchev–Trinajstić information content (AvgIpc) is 3.41. The predicted octanol–water partition coefficient (Wildman–Crippen LogP) is 7.33. The highest BCUT2D eigenvalue weighted by atomic mass is 79.9. The van der Waals surface area contributed by atoms with Gasteiger partial charge in [0, 0.05) is 39.4 Å². The van der Waals surface area contributed by atoms with Crippen LogP contribution in [0.15, 0.2) is 77.4 Å². The molecule has 2 atom stereocenters. The van der Waals surface area contributed by atoms with Crippen LogP contribution >= 0.6 is 28.1 Å². The number of thiocarbonyl (C=S) groups is 1. The molecule has 4 aromatic rings. The fourth-order valence-electron chi connectivity index (χ4n) is 5.25. The van der Waals surface area contributed by atoms with Gasteiger partial charge in [0.1, 0.15) is 0 Å². The van der Waals surface area contributed by atoms with Crippen molar-refractivity contribution in [2.45, 2.75) is 46.7 Å². The van der Waals surface area contributed by atoms with E-state index in [1.54, 1.807) is 0 Å². The molecule has 0 unspecified atom stereocenters. The number of nitrogens with one attached hydrogen (secondary N) is 2. The largest absolute Gasteiger partial charge is 0.351 e. The summed E-state index contributed by atoms with van der Waals surface area (Å²) in [7, 11) is 0. The van der Waals surface area contributed by atoms with Crippen LogP contribution in [0, 0.1) is 26.7 Å². The van der Waals surface area contributed by atoms with Gasteiger partial charge in [-0.1, -0.05) is 32.0 Å². The minimum atomic E-state index is -0.146. The highest BCUT2D eigenvalue weighted by molar-refractivity contribution is 9.10. The zero-order valence-electron chi connectivity index (χ0n) is 22.7. The Labute approximate surface area is 243 Å². The van der Waals surface area contributed by atoms with Gasteiger partial charge < -0.3 is 20.1 Å². The minimum Gasteiger partial charge on any atom is -0.351 e. The van der Waals surface area contributed by atoms with Crippen LogP contribution in [0.4, 0.5) is 11.4 Å². The smallest absolute Gasteiger partial charge is 0.226 e. The van der Waals surface area contributed by atoms with E-state index in [1.165, 1.54) is 5.56 Å². The van der Waals surface area contributed by atoms with Crippen molar-refractivity contribution in [1.29, 1.82) is 0 Å². The highest BCUT2D eigenvalue weighted by Crippen LogP contribution is 2.44. The van der Waals surface area contributed by atoms with E-state index in [0.29, 0.717) is 5.11 Å². The molecule has 3 heterocycles. The van der Waals surface area contributed by atoms with Gasteiger partial charge in [-0.05, 0) is 109 Å². The summed E-state index contributed by atoms with van der Waals surface area (Å²) >= 11 is 9.69. The van der Waals surface area contributed by atoms with Crippen LogP contribution < -0.4 is 15.5 Å². The maximum atomic E-state index is 12.3. The van der Waals surface area contributed by atoms with E-state index >= 15 is 0 Å². The monoisotopic (exact) mass is 601 g/mol. The summed E-state index contributed by atoms with van der Waals surface area (Å²) in [6, 6.07) is 22.3. The molecule has 39 heavy (non-hydrogen) atoms. The van der Waals surface area contributed by atoms with Crippen LogP contribution in [0.25, 0.3) is 5.69 Å². The number of amides is 1. The molecule has 1 amide bonds. The molecule has 200 valence electrons. The Balaban J connectivity index is 1.63. The number of hydrogen-bond acceptors (Lipinski definition) is 3. The van der Waals surface area contributed by atoms with E-state index in [-0.39, 0.29) is 23.9 Å². The molecule has 5 rings (SSSR count). The minimum absolute atomic E-state index is 0.00295. The topological polar surface area (TPSA) is 62.2 Å². The first-order chi connectivity index (χ1) is 18.7. The number of anilines is 2. The number of carbonyl (C=O) groups excluding carboxylic acids is 1. The third-order valence-electron chi connectivity index (χ3n) is 7.25. The molecule has 2 aromatic heterocycles. The zero-order chi connectivity index (χ0) is 27.8. The van der Waals surface area contributed by atoms with Gasteiger partial charge in [0.2, 0.25) is 5.91 Å². The summed E-state index contributed by atoms with van der Waals surface area (Å²) in [5.41, 5.74) is 8.20. The van der Waals surface area contributed by atoms with E-state index in [2.05, 4.69) is 80.2 Å². The average molecular weight is 603 g/mol. The lowest BCUT2D eigenvalue weighted by atomic mass is 9.96. The molecule has 0 radical (unpaired) electrons. The van der Waals surface area contributed by atoms with Crippen LogP contribution in [0.5, 0.6) is 0 Å². The molecule has 0 aliphatic carbocycles. The van der Waals surface area contributed by atoms with E-state index in [9.17, 15) is 4.79 Å². The summed E-state index contributed by atoms with van der Waals surface area (Å²) in [6.45, 7) is 10.1. The van der Waals surface area contributed by atoms with E-state index in [4.69, 9.17) is 17.2 Å². The van der Waals surface area contributed by atoms with E-state index in [1.807, 2.05) is 63.4 Å². The van der Waals surface area contributed by atoms with Gasteiger partial charge in [0.05, 0.1) is 23.5 Å². The molecule has 8 heteroatoms. The second-order valence-electron chi connectivity index (χ2n) is 10.3. The SMILES string of the molecule is Cc1cc(N2C(=S)N[C@@H](c3ccccn3)[C@H]2c2cc(C)n(-c3ccccc3Br)c2C)ccc1NC(=O)C(C)C. The quantitative estimate of drug-likeness (QED) is 0.226. The van der Waals surface area contributed by atoms with Crippen LogP contribution in [0.1, 0.15) is 54.1 Å². The van der Waals surface area contributed by atoms with Crippen molar-refractivity contribution in [3.05, 3.63) is 106 Å². The maximum absolute atomic E-state index is 12.3. The maximum Gasteiger partial charge on any atom is 0.226 e. The van der Waals surface area contributed by atoms with Gasteiger partial charge in [-0.25, -0.2) is 0 Å². The third-order valence-corrected chi connectivity index (χ3v) is 8.24. The summed E-state index contributed by atoms with van der Waals surface area (Å²) in [6.07, 6.45) is 1.82. The van der Waals surface area contributed by atoms with Gasteiger partial charge in [0.25, 0.3) is 0 Å². The summed E-state index contributed by atoms with van der Waals surface area (Å²) < 4.78 is 3.32. The van der Waals surface area contributed by atoms with Crippen molar-refractivity contribution in [2.75, 3.05) is 10.2 Å². The molecule has 0 saturated carbocycles. The number of halogens is 1. The molecular weight excluding hydrogens is 570 g/mol. The van der Waals surface area contributed by atoms with Gasteiger partial charge in [-0.2, -0.15) is 0 Å². The molecule has 2 N–H and O–H groups in total. The zero-order valence-corrected chi connectivity index (χ0v) is 25.1. The second-order valence-corrected chi connectivity index (χ2v) is 11.5. The van der Waals surface area contributed by atoms with Crippen molar-refractivity contribution in [2.24, 2.45) is 5.92 Å². The van der Waals surface area contributed by atoms with Crippen LogP contribution in [0.3, 0.4) is 0 Å². The molecule has 0 spiro atoms. The number of aryl methyl sites for hydroxylation is 2. The molecule has 6 nitrogen and oxygen atoms in total. The van der Waals surface area contributed by atoms with Crippen LogP contribution in [0.2, 0.25) is 0 Å². The third kappa shape index (κ3) is 5.11. The molecule has 1 fully saturated rings. The second kappa shape index (κ2) is 10.9. The summed E-state index contributed by atoms with van der Waals surface area (Å²) in [5, 5.41) is 7.24. The fraction of sp³-hybridized carbons (Fsp3) is 0.258. The van der Waals surface area contributed by atoms with Crippen molar-refractivity contribution < 1.29 is 4.79 Å². The van der Waals surface area contributed by atoms with Gasteiger partial charge >= 0.3 is 0 Å². The lowest BCUT2D eigenvalue weighted by Gasteiger charge is -2.29. The standard InChI is InChI=1S/C31H32BrN5OS/c1-18(2)30(38)34-25-14-13-22(16-19(25)3)37-29(28(35-31(37)39)26-11-8-9-15-33-26)23-17-20(4)36(21(23)5)27-12-7-6-10-24(27)32/h6-18,28-29H,1-5H3,(H,34,38)(H,35,39)/t28-,29+/m0/s1. The lowest BCUT2D eigenvalue weighted by molar-refractivity contribution is -0.118. The predicted molar refractivity (Wildman–Crippen MR) is 166 cm³/mol. The van der Waals surface area contributed by atoms with Crippen LogP contribution in [-0.4, -0.2) is 20.6 Å². The van der Waals surface area contributed by atoms with Gasteiger partial charge in [-0.15, -0.1) is 0 Å². The fourth-order valence-corrected chi connectivity index (χ4v) is 6.06. The first-order valence-corrected chi connectivity index (χ1v) is 14.2. The Hall–Kier alpha value is -3.49. The molecule has 1 aliphatic rings. The van der Waals surface area contributed by atoms with Gasteiger partial charge in [-0.3, -0.25) is 9.78 Å². The van der Waals surface area contributed by atoms with E-state index in [0.717, 1.165) is 44.2 Å². The molecule has 2 aromatic carbocycles. The molecule has 1 aliphatic heterocycles. The molecule has 0 bridgehead atoms. The number of para-hydroxylation sites is 1. The first-order valence-electron chi connectivity index (χ1n) is 13.0. The number of benzene rings is 2. The van der Waals surface area contributed by atoms with E-state index < -0.39 is 0 Å². The number of rotatable bonds is 6. The first kappa shape index (κ1) is 27.1. The Bertz CT molecular complexity index is 1550. The number of carbonyl (C=O) groups is 1. The Morgan fingerprint density at radius 2 is 1.79 bits per heavy atom. The van der Waals surface area contributed by atoms with Crippen LogP contribution in [-0.2, 0) is 4.79 Å². The number of hydrogen-bond donors (Lipinski definition) is 2. The Morgan fingerprint density at radius 3 is 2.46 bits per heavy atom. The summed E-state index contributed by atoms with van der Waals surface area (Å²) in [5.74, 6) is -0.0975. The molecular formula is C31H32BrN5OS. The number of nitrogens with zero attached hydrogens (tertiary/aromatic N) is 3. The summed E-state index contributed by atoms with van der Waals surface area (Å²) in [4.78, 5) is 19.2. The highest BCUT2D eigenvalue weighted by Gasteiger charge is 2.42. The van der Waals surface area contributed by atoms with Crippen molar-refractivity contribution in [3.63, 3.8) is 0 Å². The molecule has 1 saturated heterocycles. The Kier molecular flexibility index (Phi) is 7.60. The number of pyridine rings is 1. The van der Waals surface area contributed by atoms with Gasteiger partial charge in [0.15, 0.2) is 5.11 Å². The van der Waals surface area contributed by atoms with Crippen molar-refractivity contribution in [1.82, 2.24) is 14.9 Å². The van der Waals surface area contributed by atoms with Crippen molar-refractivity contribution in [3.8, 4) is 5.69 Å². The Morgan fingerprint density at radius 1 is 1.05 bits per heavy atom. The lowest BCUT2D eigenvalue weighted by Crippen LogP contribution is -2.29. The van der Waals surface area contributed by atoms with Crippen molar-refractivity contribution >= 4 is 50.5 Å².